The number of benzene rings is 2. The van der Waals surface area contributed by atoms with Crippen LogP contribution in [0.5, 0.6) is 5.75 Å². The molecular weight excluding hydrogens is 376 g/mol. The lowest BCUT2D eigenvalue weighted by Crippen LogP contribution is -2.48. The van der Waals surface area contributed by atoms with Crippen molar-refractivity contribution in [1.29, 1.82) is 0 Å². The van der Waals surface area contributed by atoms with Crippen LogP contribution in [0.15, 0.2) is 54.6 Å². The molecule has 2 aromatic carbocycles. The first kappa shape index (κ1) is 22.2. The van der Waals surface area contributed by atoms with Crippen molar-refractivity contribution in [3.8, 4) is 5.75 Å². The van der Waals surface area contributed by atoms with Crippen molar-refractivity contribution >= 4 is 11.8 Å². The highest BCUT2D eigenvalue weighted by atomic mass is 16.5. The van der Waals surface area contributed by atoms with E-state index in [0.29, 0.717) is 12.3 Å². The third kappa shape index (κ3) is 4.97. The highest BCUT2D eigenvalue weighted by Crippen LogP contribution is 2.43. The number of rotatable bonds is 7. The van der Waals surface area contributed by atoms with E-state index < -0.39 is 0 Å². The number of piperidine rings is 1. The van der Waals surface area contributed by atoms with Gasteiger partial charge in [0, 0.05) is 31.5 Å². The number of esters is 1. The van der Waals surface area contributed by atoms with Crippen LogP contribution in [0, 0.1) is 11.8 Å². The van der Waals surface area contributed by atoms with Crippen LogP contribution in [0.1, 0.15) is 42.6 Å². The molecule has 160 valence electrons. The maximum absolute atomic E-state index is 13.1. The fourth-order valence-corrected chi connectivity index (χ4v) is 4.58. The molecule has 5 nitrogen and oxygen atoms in total. The largest absolute Gasteiger partial charge is 0.427 e. The lowest BCUT2D eigenvalue weighted by molar-refractivity contribution is -0.131. The number of ether oxygens (including phenoxy) is 1. The minimum absolute atomic E-state index is 0.113. The SMILES string of the molecule is CC(=O)Oc1cccc(C2(C)CCN(C)CC2C[C@H](CN)C(=O)c2ccccc2)c1. The Morgan fingerprint density at radius 3 is 2.60 bits per heavy atom. The molecule has 2 N–H and O–H groups in total. The molecule has 0 saturated carbocycles. The smallest absolute Gasteiger partial charge is 0.308 e. The molecule has 3 rings (SSSR count). The Bertz CT molecular complexity index is 883. The summed E-state index contributed by atoms with van der Waals surface area (Å²) in [5, 5.41) is 0. The first-order valence-electron chi connectivity index (χ1n) is 10.6. The Morgan fingerprint density at radius 2 is 1.93 bits per heavy atom. The summed E-state index contributed by atoms with van der Waals surface area (Å²) in [4.78, 5) is 26.8. The number of hydrogen-bond acceptors (Lipinski definition) is 5. The van der Waals surface area contributed by atoms with Gasteiger partial charge in [-0.2, -0.15) is 0 Å². The molecular formula is C25H32N2O3. The van der Waals surface area contributed by atoms with Gasteiger partial charge < -0.3 is 15.4 Å². The lowest BCUT2D eigenvalue weighted by Gasteiger charge is -2.46. The van der Waals surface area contributed by atoms with E-state index in [0.717, 1.165) is 37.1 Å². The average molecular weight is 409 g/mol. The monoisotopic (exact) mass is 408 g/mol. The van der Waals surface area contributed by atoms with Crippen LogP contribution >= 0.6 is 0 Å². The van der Waals surface area contributed by atoms with Crippen molar-refractivity contribution in [3.63, 3.8) is 0 Å². The van der Waals surface area contributed by atoms with Crippen LogP contribution in [-0.2, 0) is 10.2 Å². The molecule has 5 heteroatoms. The second kappa shape index (κ2) is 9.54. The van der Waals surface area contributed by atoms with E-state index in [2.05, 4.69) is 24.9 Å². The average Bonchev–Trinajstić information content (AvgIpc) is 2.74. The number of likely N-dealkylation sites (tertiary alicyclic amines) is 1. The summed E-state index contributed by atoms with van der Waals surface area (Å²) in [7, 11) is 2.12. The number of ketones is 1. The normalized spacial score (nSPS) is 23.0. The second-order valence-corrected chi connectivity index (χ2v) is 8.65. The quantitative estimate of drug-likeness (QED) is 0.430. The van der Waals surface area contributed by atoms with E-state index >= 15 is 0 Å². The van der Waals surface area contributed by atoms with Crippen LogP contribution < -0.4 is 10.5 Å². The molecule has 30 heavy (non-hydrogen) atoms. The van der Waals surface area contributed by atoms with E-state index in [-0.39, 0.29) is 29.0 Å². The van der Waals surface area contributed by atoms with Crippen LogP contribution in [0.4, 0.5) is 0 Å². The third-order valence-electron chi connectivity index (χ3n) is 6.48. The molecule has 0 aliphatic carbocycles. The minimum Gasteiger partial charge on any atom is -0.427 e. The molecule has 2 unspecified atom stereocenters. The fraction of sp³-hybridized carbons (Fsp3) is 0.440. The maximum Gasteiger partial charge on any atom is 0.308 e. The van der Waals surface area contributed by atoms with Crippen LogP contribution in [-0.4, -0.2) is 43.3 Å². The van der Waals surface area contributed by atoms with Gasteiger partial charge in [-0.15, -0.1) is 0 Å². The first-order valence-corrected chi connectivity index (χ1v) is 10.6. The van der Waals surface area contributed by atoms with Gasteiger partial charge in [0.25, 0.3) is 0 Å². The number of carbonyl (C=O) groups excluding carboxylic acids is 2. The second-order valence-electron chi connectivity index (χ2n) is 8.65. The zero-order chi connectivity index (χ0) is 21.7. The summed E-state index contributed by atoms with van der Waals surface area (Å²) in [6.07, 6.45) is 1.69. The zero-order valence-corrected chi connectivity index (χ0v) is 18.1. The summed E-state index contributed by atoms with van der Waals surface area (Å²) >= 11 is 0. The van der Waals surface area contributed by atoms with Crippen LogP contribution in [0.2, 0.25) is 0 Å². The Labute approximate surface area is 179 Å². The molecule has 0 aromatic heterocycles. The summed E-state index contributed by atoms with van der Waals surface area (Å²) in [6, 6.07) is 17.2. The van der Waals surface area contributed by atoms with Gasteiger partial charge in [-0.05, 0) is 55.5 Å². The summed E-state index contributed by atoms with van der Waals surface area (Å²) in [5.74, 6) is 0.385. The molecule has 0 spiro atoms. The van der Waals surface area contributed by atoms with Gasteiger partial charge in [-0.1, -0.05) is 49.4 Å². The number of hydrogen-bond donors (Lipinski definition) is 1. The van der Waals surface area contributed by atoms with Crippen molar-refractivity contribution < 1.29 is 14.3 Å². The zero-order valence-electron chi connectivity index (χ0n) is 18.1. The number of nitrogens with two attached hydrogens (primary N) is 1. The third-order valence-corrected chi connectivity index (χ3v) is 6.48. The standard InChI is InChI=1S/C25H32N2O3/c1-18(28)30-23-11-7-10-21(15-23)25(2)12-13-27(3)17-22(25)14-20(16-26)24(29)19-8-5-4-6-9-19/h4-11,15,20,22H,12-14,16-17,26H2,1-3H3/t20-,22?,25?/m1/s1. The van der Waals surface area contributed by atoms with Gasteiger partial charge in [0.15, 0.2) is 5.78 Å². The van der Waals surface area contributed by atoms with Crippen molar-refractivity contribution in [3.05, 3.63) is 65.7 Å². The molecule has 0 bridgehead atoms. The molecule has 2 aromatic rings. The van der Waals surface area contributed by atoms with E-state index in [1.807, 2.05) is 42.5 Å². The Hall–Kier alpha value is -2.50. The van der Waals surface area contributed by atoms with E-state index in [9.17, 15) is 9.59 Å². The summed E-state index contributed by atoms with van der Waals surface area (Å²) < 4.78 is 5.32. The predicted molar refractivity (Wildman–Crippen MR) is 119 cm³/mol. The van der Waals surface area contributed by atoms with Gasteiger partial charge in [0.2, 0.25) is 0 Å². The molecule has 0 amide bonds. The highest BCUT2D eigenvalue weighted by molar-refractivity contribution is 5.98. The lowest BCUT2D eigenvalue weighted by atomic mass is 9.64. The van der Waals surface area contributed by atoms with Gasteiger partial charge in [0.05, 0.1) is 0 Å². The van der Waals surface area contributed by atoms with Crippen LogP contribution in [0.25, 0.3) is 0 Å². The predicted octanol–water partition coefficient (Wildman–Crippen LogP) is 3.67. The molecule has 1 aliphatic heterocycles. The van der Waals surface area contributed by atoms with Crippen molar-refractivity contribution in [2.24, 2.45) is 17.6 Å². The number of carbonyl (C=O) groups is 2. The van der Waals surface area contributed by atoms with Crippen molar-refractivity contribution in [2.45, 2.75) is 32.1 Å². The van der Waals surface area contributed by atoms with E-state index in [4.69, 9.17) is 10.5 Å². The fourth-order valence-electron chi connectivity index (χ4n) is 4.58. The van der Waals surface area contributed by atoms with Gasteiger partial charge in [-0.3, -0.25) is 9.59 Å². The first-order chi connectivity index (χ1) is 14.3. The molecule has 1 aliphatic rings. The van der Waals surface area contributed by atoms with Gasteiger partial charge >= 0.3 is 5.97 Å². The van der Waals surface area contributed by atoms with Gasteiger partial charge in [0.1, 0.15) is 5.75 Å². The minimum atomic E-state index is -0.325. The van der Waals surface area contributed by atoms with Crippen LogP contribution in [0.3, 0.4) is 0 Å². The Morgan fingerprint density at radius 1 is 1.20 bits per heavy atom. The van der Waals surface area contributed by atoms with Crippen molar-refractivity contribution in [2.75, 3.05) is 26.7 Å². The Kier molecular flexibility index (Phi) is 7.06. The molecule has 1 saturated heterocycles. The van der Waals surface area contributed by atoms with Gasteiger partial charge in [-0.25, -0.2) is 0 Å². The number of Topliss-reactive ketones (excluding diaryl/α,β-unsaturated/α-hetero) is 1. The Balaban J connectivity index is 1.88. The molecule has 1 heterocycles. The number of nitrogens with zero attached hydrogens (tertiary/aromatic N) is 1. The molecule has 3 atom stereocenters. The summed E-state index contributed by atoms with van der Waals surface area (Å²) in [6.45, 7) is 5.88. The summed E-state index contributed by atoms with van der Waals surface area (Å²) in [5.41, 5.74) is 7.80. The topological polar surface area (TPSA) is 72.6 Å². The molecule has 1 fully saturated rings. The highest BCUT2D eigenvalue weighted by Gasteiger charge is 2.41. The van der Waals surface area contributed by atoms with E-state index in [1.165, 1.54) is 6.92 Å². The molecule has 0 radical (unpaired) electrons. The van der Waals surface area contributed by atoms with E-state index in [1.54, 1.807) is 6.07 Å². The maximum atomic E-state index is 13.1. The van der Waals surface area contributed by atoms with Crippen molar-refractivity contribution in [1.82, 2.24) is 4.90 Å².